The second-order valence-electron chi connectivity index (χ2n) is 4.33. The van der Waals surface area contributed by atoms with Crippen LogP contribution < -0.4 is 11.0 Å². The Morgan fingerprint density at radius 3 is 2.56 bits per heavy atom. The lowest BCUT2D eigenvalue weighted by Gasteiger charge is -2.12. The molecule has 92 valence electrons. The van der Waals surface area contributed by atoms with Crippen molar-refractivity contribution in [3.8, 4) is 0 Å². The molecule has 4 nitrogen and oxygen atoms in total. The van der Waals surface area contributed by atoms with Gasteiger partial charge in [0.1, 0.15) is 0 Å². The monoisotopic (exact) mass is 225 g/mol. The van der Waals surface area contributed by atoms with Gasteiger partial charge in [-0.25, -0.2) is 4.79 Å². The molecule has 0 aromatic carbocycles. The molecule has 0 bridgehead atoms. The van der Waals surface area contributed by atoms with Crippen LogP contribution in [0.3, 0.4) is 0 Å². The molecule has 1 N–H and O–H groups in total. The molecule has 16 heavy (non-hydrogen) atoms. The lowest BCUT2D eigenvalue weighted by Crippen LogP contribution is -2.30. The molecule has 0 spiro atoms. The molecule has 1 rings (SSSR count). The van der Waals surface area contributed by atoms with Crippen LogP contribution >= 0.6 is 0 Å². The first-order chi connectivity index (χ1) is 7.69. The van der Waals surface area contributed by atoms with E-state index in [-0.39, 0.29) is 5.69 Å². The van der Waals surface area contributed by atoms with E-state index >= 15 is 0 Å². The van der Waals surface area contributed by atoms with Gasteiger partial charge in [0.15, 0.2) is 0 Å². The minimum absolute atomic E-state index is 0.102. The summed E-state index contributed by atoms with van der Waals surface area (Å²) in [6, 6.07) is 0. The summed E-state index contributed by atoms with van der Waals surface area (Å²) in [5.41, 5.74) is 0.102. The average molecular weight is 225 g/mol. The van der Waals surface area contributed by atoms with Crippen molar-refractivity contribution in [1.82, 2.24) is 14.5 Å². The predicted octanol–water partition coefficient (Wildman–Crippen LogP) is 1.31. The second-order valence-corrected chi connectivity index (χ2v) is 4.33. The lowest BCUT2D eigenvalue weighted by molar-refractivity contribution is 0.436. The van der Waals surface area contributed by atoms with Gasteiger partial charge in [0.05, 0.1) is 0 Å². The van der Waals surface area contributed by atoms with Gasteiger partial charge in [-0.15, -0.1) is 0 Å². The fraction of sp³-hybridized carbons (Fsp3) is 0.750. The molecular formula is C12H23N3O. The third kappa shape index (κ3) is 3.52. The minimum Gasteiger partial charge on any atom is -0.316 e. The standard InChI is InChI=1S/C12H23N3O/c1-4-6-13-9-11(3)10-15-8-7-14(5-2)12(15)16/h7-8,11,13H,4-6,9-10H2,1-3H3. The van der Waals surface area contributed by atoms with Crippen LogP contribution in [0.5, 0.6) is 0 Å². The topological polar surface area (TPSA) is 39.0 Å². The number of aromatic nitrogens is 2. The molecular weight excluding hydrogens is 202 g/mol. The summed E-state index contributed by atoms with van der Waals surface area (Å²) in [7, 11) is 0. The van der Waals surface area contributed by atoms with Crippen LogP contribution in [0.15, 0.2) is 17.2 Å². The molecule has 0 saturated carbocycles. The summed E-state index contributed by atoms with van der Waals surface area (Å²) in [4.78, 5) is 11.8. The van der Waals surface area contributed by atoms with E-state index < -0.39 is 0 Å². The van der Waals surface area contributed by atoms with Crippen molar-refractivity contribution >= 4 is 0 Å². The number of hydrogen-bond acceptors (Lipinski definition) is 2. The Kier molecular flexibility index (Phi) is 5.32. The molecule has 1 aromatic heterocycles. The number of aryl methyl sites for hydroxylation is 1. The Morgan fingerprint density at radius 2 is 2.00 bits per heavy atom. The van der Waals surface area contributed by atoms with E-state index in [1.165, 1.54) is 0 Å². The molecule has 1 atom stereocenters. The second kappa shape index (κ2) is 6.53. The van der Waals surface area contributed by atoms with Gasteiger partial charge in [-0.3, -0.25) is 9.13 Å². The summed E-state index contributed by atoms with van der Waals surface area (Å²) >= 11 is 0. The number of rotatable bonds is 7. The van der Waals surface area contributed by atoms with E-state index in [4.69, 9.17) is 0 Å². The molecule has 0 aliphatic rings. The van der Waals surface area contributed by atoms with Crippen LogP contribution in [0, 0.1) is 5.92 Å². The van der Waals surface area contributed by atoms with E-state index in [2.05, 4.69) is 19.2 Å². The molecule has 1 aromatic rings. The molecule has 4 heteroatoms. The van der Waals surface area contributed by atoms with Crippen LogP contribution in [0.25, 0.3) is 0 Å². The molecule has 0 fully saturated rings. The number of hydrogen-bond donors (Lipinski definition) is 1. The van der Waals surface area contributed by atoms with E-state index in [0.717, 1.165) is 32.6 Å². The molecule has 0 saturated heterocycles. The first-order valence-corrected chi connectivity index (χ1v) is 6.15. The maximum atomic E-state index is 11.8. The van der Waals surface area contributed by atoms with Gasteiger partial charge < -0.3 is 5.32 Å². The van der Waals surface area contributed by atoms with Crippen molar-refractivity contribution in [3.05, 3.63) is 22.9 Å². The number of imidazole rings is 1. The van der Waals surface area contributed by atoms with E-state index in [1.54, 1.807) is 9.13 Å². The van der Waals surface area contributed by atoms with Crippen LogP contribution in [0.4, 0.5) is 0 Å². The highest BCUT2D eigenvalue weighted by Gasteiger charge is 2.06. The first-order valence-electron chi connectivity index (χ1n) is 6.15. The highest BCUT2D eigenvalue weighted by atomic mass is 16.1. The van der Waals surface area contributed by atoms with Gasteiger partial charge in [0.2, 0.25) is 0 Å². The van der Waals surface area contributed by atoms with Gasteiger partial charge in [-0.2, -0.15) is 0 Å². The van der Waals surface area contributed by atoms with E-state index in [0.29, 0.717) is 5.92 Å². The maximum Gasteiger partial charge on any atom is 0.328 e. The molecule has 0 radical (unpaired) electrons. The van der Waals surface area contributed by atoms with Crippen LogP contribution in [-0.2, 0) is 13.1 Å². The first kappa shape index (κ1) is 13.0. The van der Waals surface area contributed by atoms with Crippen LogP contribution in [-0.4, -0.2) is 22.2 Å². The Balaban J connectivity index is 2.46. The smallest absolute Gasteiger partial charge is 0.316 e. The normalized spacial score (nSPS) is 12.9. The van der Waals surface area contributed by atoms with E-state index in [9.17, 15) is 4.79 Å². The highest BCUT2D eigenvalue weighted by Crippen LogP contribution is 1.97. The third-order valence-electron chi connectivity index (χ3n) is 2.69. The lowest BCUT2D eigenvalue weighted by atomic mass is 10.2. The van der Waals surface area contributed by atoms with Crippen LogP contribution in [0.2, 0.25) is 0 Å². The Bertz CT molecular complexity index is 353. The maximum absolute atomic E-state index is 11.8. The quantitative estimate of drug-likeness (QED) is 0.711. The van der Waals surface area contributed by atoms with E-state index in [1.807, 2.05) is 19.3 Å². The fourth-order valence-electron chi connectivity index (χ4n) is 1.76. The zero-order chi connectivity index (χ0) is 12.0. The summed E-state index contributed by atoms with van der Waals surface area (Å²) in [6.07, 6.45) is 4.88. The molecule has 0 aliphatic carbocycles. The summed E-state index contributed by atoms with van der Waals surface area (Å²) in [5.74, 6) is 0.483. The summed E-state index contributed by atoms with van der Waals surface area (Å²) < 4.78 is 3.52. The van der Waals surface area contributed by atoms with Crippen LogP contribution in [0.1, 0.15) is 27.2 Å². The minimum atomic E-state index is 0.102. The fourth-order valence-corrected chi connectivity index (χ4v) is 1.76. The number of nitrogens with zero attached hydrogens (tertiary/aromatic N) is 2. The van der Waals surface area contributed by atoms with Gasteiger partial charge in [0.25, 0.3) is 0 Å². The zero-order valence-electron chi connectivity index (χ0n) is 10.6. The molecule has 0 amide bonds. The van der Waals surface area contributed by atoms with Crippen molar-refractivity contribution in [2.24, 2.45) is 5.92 Å². The number of nitrogens with one attached hydrogen (secondary N) is 1. The van der Waals surface area contributed by atoms with Crippen molar-refractivity contribution < 1.29 is 0 Å². The zero-order valence-corrected chi connectivity index (χ0v) is 10.6. The predicted molar refractivity (Wildman–Crippen MR) is 66.7 cm³/mol. The molecule has 0 aliphatic heterocycles. The molecule has 1 unspecified atom stereocenters. The van der Waals surface area contributed by atoms with Crippen molar-refractivity contribution in [3.63, 3.8) is 0 Å². The average Bonchev–Trinajstić information content (AvgIpc) is 2.60. The van der Waals surface area contributed by atoms with Gasteiger partial charge in [-0.05, 0) is 32.4 Å². The van der Waals surface area contributed by atoms with Gasteiger partial charge >= 0.3 is 5.69 Å². The van der Waals surface area contributed by atoms with Gasteiger partial charge in [0, 0.05) is 25.5 Å². The third-order valence-corrected chi connectivity index (χ3v) is 2.69. The van der Waals surface area contributed by atoms with Crippen molar-refractivity contribution in [2.45, 2.75) is 40.3 Å². The Labute approximate surface area is 97.3 Å². The van der Waals surface area contributed by atoms with Crippen molar-refractivity contribution in [2.75, 3.05) is 13.1 Å². The van der Waals surface area contributed by atoms with Crippen molar-refractivity contribution in [1.29, 1.82) is 0 Å². The summed E-state index contributed by atoms with van der Waals surface area (Å²) in [6.45, 7) is 9.86. The summed E-state index contributed by atoms with van der Waals surface area (Å²) in [5, 5.41) is 3.37. The highest BCUT2D eigenvalue weighted by molar-refractivity contribution is 4.81. The largest absolute Gasteiger partial charge is 0.328 e. The van der Waals surface area contributed by atoms with Gasteiger partial charge in [-0.1, -0.05) is 13.8 Å². The Hall–Kier alpha value is -1.03. The Morgan fingerprint density at radius 1 is 1.31 bits per heavy atom. The SMILES string of the molecule is CCCNCC(C)Cn1ccn(CC)c1=O. The molecule has 1 heterocycles.